The van der Waals surface area contributed by atoms with Gasteiger partial charge in [0.25, 0.3) is 0 Å². The summed E-state index contributed by atoms with van der Waals surface area (Å²) in [6.07, 6.45) is 29.6. The van der Waals surface area contributed by atoms with Crippen molar-refractivity contribution in [2.75, 3.05) is 6.61 Å². The first kappa shape index (κ1) is 38.3. The van der Waals surface area contributed by atoms with Gasteiger partial charge in [0.15, 0.2) is 0 Å². The van der Waals surface area contributed by atoms with Crippen molar-refractivity contribution < 1.29 is 19.7 Å². The highest BCUT2D eigenvalue weighted by atomic mass is 16.5. The van der Waals surface area contributed by atoms with E-state index >= 15 is 0 Å². The van der Waals surface area contributed by atoms with Crippen LogP contribution in [-0.2, 0) is 9.53 Å². The van der Waals surface area contributed by atoms with Crippen LogP contribution in [0.25, 0.3) is 0 Å². The normalized spacial score (nSPS) is 52.4. The average Bonchev–Trinajstić information content (AvgIpc) is 3.64. The summed E-state index contributed by atoms with van der Waals surface area (Å²) in [6.45, 7) is 13.3. The molecule has 296 valence electrons. The minimum Gasteiger partial charge on any atom is -0.466 e. The molecule has 0 aromatic carbocycles. The molecule has 0 aromatic heterocycles. The van der Waals surface area contributed by atoms with Crippen LogP contribution in [-0.4, -0.2) is 35.0 Å². The summed E-state index contributed by atoms with van der Waals surface area (Å²) in [5.74, 6) is 7.22. The number of hydrogen-bond acceptors (Lipinski definition) is 4. The van der Waals surface area contributed by atoms with Crippen LogP contribution in [0.5, 0.6) is 0 Å². The number of aliphatic hydroxyl groups excluding tert-OH is 2. The SMILES string of the molecule is CCC1C(O)C2C3CCC(CCCCOC(=O)CCCC4CCC5C6C(O)CC7CCCCC7(C)C6CCC45C)C3(C)CCC2C2(C)CCCCC12. The van der Waals surface area contributed by atoms with E-state index in [9.17, 15) is 15.0 Å². The lowest BCUT2D eigenvalue weighted by Gasteiger charge is -2.64. The molecule has 52 heavy (non-hydrogen) atoms. The van der Waals surface area contributed by atoms with E-state index in [0.29, 0.717) is 76.1 Å². The minimum atomic E-state index is -0.0983. The fraction of sp³-hybridized carbons (Fsp3) is 0.979. The van der Waals surface area contributed by atoms with Crippen molar-refractivity contribution >= 4 is 5.97 Å². The molecular weight excluding hydrogens is 641 g/mol. The van der Waals surface area contributed by atoms with Gasteiger partial charge < -0.3 is 14.9 Å². The van der Waals surface area contributed by atoms with Crippen LogP contribution < -0.4 is 0 Å². The number of ether oxygens (including phenoxy) is 1. The average molecular weight is 721 g/mol. The van der Waals surface area contributed by atoms with Gasteiger partial charge in [0, 0.05) is 6.42 Å². The Kier molecular flexibility index (Phi) is 10.8. The van der Waals surface area contributed by atoms with Crippen LogP contribution in [0.3, 0.4) is 0 Å². The Morgan fingerprint density at radius 1 is 0.615 bits per heavy atom. The predicted octanol–water partition coefficient (Wildman–Crippen LogP) is 11.5. The van der Waals surface area contributed by atoms with Gasteiger partial charge >= 0.3 is 5.97 Å². The van der Waals surface area contributed by atoms with Crippen molar-refractivity contribution in [2.45, 2.75) is 201 Å². The lowest BCUT2D eigenvalue weighted by Crippen LogP contribution is -2.61. The number of carbonyl (C=O) groups excluding carboxylic acids is 1. The number of esters is 1. The van der Waals surface area contributed by atoms with E-state index in [0.717, 1.165) is 62.2 Å². The summed E-state index contributed by atoms with van der Waals surface area (Å²) < 4.78 is 5.85. The minimum absolute atomic E-state index is 0.0138. The largest absolute Gasteiger partial charge is 0.466 e. The zero-order chi connectivity index (χ0) is 36.5. The van der Waals surface area contributed by atoms with Gasteiger partial charge in [0.05, 0.1) is 18.8 Å². The molecule has 0 heterocycles. The highest BCUT2D eigenvalue weighted by Gasteiger charge is 2.64. The Labute approximate surface area is 319 Å². The molecule has 4 nitrogen and oxygen atoms in total. The van der Waals surface area contributed by atoms with E-state index in [1.165, 1.54) is 109 Å². The van der Waals surface area contributed by atoms with Crippen LogP contribution in [0, 0.1) is 86.8 Å². The van der Waals surface area contributed by atoms with Gasteiger partial charge in [-0.2, -0.15) is 0 Å². The van der Waals surface area contributed by atoms with Gasteiger partial charge in [-0.25, -0.2) is 0 Å². The van der Waals surface area contributed by atoms with Gasteiger partial charge in [-0.3, -0.25) is 4.79 Å². The number of fused-ring (bicyclic) bond motifs is 10. The first-order valence-electron chi connectivity index (χ1n) is 23.5. The van der Waals surface area contributed by atoms with E-state index in [1.54, 1.807) is 0 Å². The van der Waals surface area contributed by atoms with E-state index < -0.39 is 0 Å². The predicted molar refractivity (Wildman–Crippen MR) is 210 cm³/mol. The molecule has 0 bridgehead atoms. The number of aliphatic hydroxyl groups is 2. The second-order valence-corrected chi connectivity index (χ2v) is 22.0. The standard InChI is InChI=1S/C48H80O4/c1-6-34-35-17-8-11-26-48(35,5)39-24-28-47(4)31(20-22-37(47)43(39)44(34)51)14-9-12-29-52-41(50)18-13-16-32-19-21-36-42-38(23-27-46(32,36)3)45(2)25-10-7-15-33(45)30-40(42)49/h31-40,42-44,49,51H,6-30H2,1-5H3. The van der Waals surface area contributed by atoms with Crippen LogP contribution in [0.15, 0.2) is 0 Å². The second-order valence-electron chi connectivity index (χ2n) is 22.0. The summed E-state index contributed by atoms with van der Waals surface area (Å²) in [6, 6.07) is 0. The molecule has 0 amide bonds. The third-order valence-electron chi connectivity index (χ3n) is 20.5. The summed E-state index contributed by atoms with van der Waals surface area (Å²) >= 11 is 0. The summed E-state index contributed by atoms with van der Waals surface area (Å²) in [5, 5.41) is 23.5. The molecule has 8 aliphatic rings. The molecule has 8 fully saturated rings. The van der Waals surface area contributed by atoms with Crippen molar-refractivity contribution in [3.63, 3.8) is 0 Å². The lowest BCUT2D eigenvalue weighted by atomic mass is 9.41. The Bertz CT molecular complexity index is 1260. The summed E-state index contributed by atoms with van der Waals surface area (Å²) in [5.41, 5.74) is 1.60. The van der Waals surface area contributed by atoms with E-state index in [4.69, 9.17) is 4.74 Å². The maximum atomic E-state index is 12.9. The third-order valence-corrected chi connectivity index (χ3v) is 20.5. The van der Waals surface area contributed by atoms with Gasteiger partial charge in [-0.1, -0.05) is 66.7 Å². The molecule has 0 aromatic rings. The molecule has 0 saturated heterocycles. The summed E-state index contributed by atoms with van der Waals surface area (Å²) in [4.78, 5) is 12.9. The number of unbranched alkanes of at least 4 members (excludes halogenated alkanes) is 1. The van der Waals surface area contributed by atoms with Crippen molar-refractivity contribution in [3.05, 3.63) is 0 Å². The molecule has 17 unspecified atom stereocenters. The molecule has 8 saturated carbocycles. The topological polar surface area (TPSA) is 66.8 Å². The zero-order valence-corrected chi connectivity index (χ0v) is 34.4. The highest BCUT2D eigenvalue weighted by Crippen LogP contribution is 2.70. The first-order chi connectivity index (χ1) is 25.0. The molecule has 0 aliphatic heterocycles. The van der Waals surface area contributed by atoms with Crippen molar-refractivity contribution in [2.24, 2.45) is 86.8 Å². The fourth-order valence-electron chi connectivity index (χ4n) is 17.7. The Balaban J connectivity index is 0.772. The molecule has 8 rings (SSSR count). The fourth-order valence-corrected chi connectivity index (χ4v) is 17.7. The Morgan fingerprint density at radius 3 is 1.90 bits per heavy atom. The van der Waals surface area contributed by atoms with E-state index in [-0.39, 0.29) is 18.2 Å². The molecule has 0 radical (unpaired) electrons. The third kappa shape index (κ3) is 6.13. The molecular formula is C48H80O4. The van der Waals surface area contributed by atoms with Crippen molar-refractivity contribution in [3.8, 4) is 0 Å². The highest BCUT2D eigenvalue weighted by molar-refractivity contribution is 5.69. The molecule has 0 spiro atoms. The van der Waals surface area contributed by atoms with E-state index in [2.05, 4.69) is 34.6 Å². The molecule has 4 heteroatoms. The van der Waals surface area contributed by atoms with Gasteiger partial charge in [-0.05, 0) is 202 Å². The van der Waals surface area contributed by atoms with Crippen LogP contribution in [0.1, 0.15) is 189 Å². The number of carbonyl (C=O) groups is 1. The smallest absolute Gasteiger partial charge is 0.305 e. The molecule has 2 N–H and O–H groups in total. The van der Waals surface area contributed by atoms with Crippen molar-refractivity contribution in [1.82, 2.24) is 0 Å². The number of hydrogen-bond donors (Lipinski definition) is 2. The quantitative estimate of drug-likeness (QED) is 0.174. The van der Waals surface area contributed by atoms with Gasteiger partial charge in [0.1, 0.15) is 0 Å². The van der Waals surface area contributed by atoms with Gasteiger partial charge in [-0.15, -0.1) is 0 Å². The summed E-state index contributed by atoms with van der Waals surface area (Å²) in [7, 11) is 0. The van der Waals surface area contributed by atoms with Crippen LogP contribution in [0.4, 0.5) is 0 Å². The molecule has 8 aliphatic carbocycles. The Morgan fingerprint density at radius 2 is 1.21 bits per heavy atom. The monoisotopic (exact) mass is 721 g/mol. The lowest BCUT2D eigenvalue weighted by molar-refractivity contribution is -0.193. The molecule has 17 atom stereocenters. The maximum absolute atomic E-state index is 12.9. The maximum Gasteiger partial charge on any atom is 0.305 e. The van der Waals surface area contributed by atoms with Gasteiger partial charge in [0.2, 0.25) is 0 Å². The van der Waals surface area contributed by atoms with Crippen LogP contribution >= 0.6 is 0 Å². The van der Waals surface area contributed by atoms with E-state index in [1.807, 2.05) is 0 Å². The first-order valence-corrected chi connectivity index (χ1v) is 23.5. The Hall–Kier alpha value is -0.610. The number of rotatable bonds is 10. The van der Waals surface area contributed by atoms with Crippen LogP contribution in [0.2, 0.25) is 0 Å². The zero-order valence-electron chi connectivity index (χ0n) is 34.4. The second kappa shape index (κ2) is 14.7. The van der Waals surface area contributed by atoms with Crippen molar-refractivity contribution in [1.29, 1.82) is 0 Å².